The topological polar surface area (TPSA) is 41.0 Å². The van der Waals surface area contributed by atoms with Crippen LogP contribution in [0.3, 0.4) is 0 Å². The van der Waals surface area contributed by atoms with Crippen LogP contribution >= 0.6 is 0 Å². The van der Waals surface area contributed by atoms with Gasteiger partial charge in [-0.1, -0.05) is 48.5 Å². The van der Waals surface area contributed by atoms with Crippen molar-refractivity contribution in [3.05, 3.63) is 79.1 Å². The lowest BCUT2D eigenvalue weighted by Crippen LogP contribution is -2.21. The van der Waals surface area contributed by atoms with Gasteiger partial charge in [0.05, 0.1) is 16.9 Å². The van der Waals surface area contributed by atoms with Gasteiger partial charge in [0.2, 0.25) is 0 Å². The lowest BCUT2D eigenvalue weighted by atomic mass is 9.95. The molecule has 4 rings (SSSR count). The lowest BCUT2D eigenvalue weighted by molar-refractivity contribution is 0.425. The smallest absolute Gasteiger partial charge is 0.0808 e. The van der Waals surface area contributed by atoms with Crippen LogP contribution in [-0.4, -0.2) is 42.1 Å². The molecule has 0 radical (unpaired) electrons. The van der Waals surface area contributed by atoms with Crippen LogP contribution in [0.2, 0.25) is 0 Å². The summed E-state index contributed by atoms with van der Waals surface area (Å²) in [5.74, 6) is 0. The molecule has 0 saturated carbocycles. The fourth-order valence-electron chi connectivity index (χ4n) is 3.40. The molecule has 4 heteroatoms. The van der Waals surface area contributed by atoms with Gasteiger partial charge in [-0.2, -0.15) is 0 Å². The highest BCUT2D eigenvalue weighted by Crippen LogP contribution is 2.40. The molecule has 2 aromatic carbocycles. The first-order valence-corrected chi connectivity index (χ1v) is 9.51. The maximum absolute atomic E-state index is 5.05. The number of fused-ring (bicyclic) bond motifs is 1. The van der Waals surface area contributed by atoms with Crippen LogP contribution in [0, 0.1) is 0 Å². The van der Waals surface area contributed by atoms with Crippen LogP contribution in [0.25, 0.3) is 33.3 Å². The Morgan fingerprint density at radius 1 is 0.821 bits per heavy atom. The fraction of sp³-hybridized carbons (Fsp3) is 0.167. The van der Waals surface area contributed by atoms with Gasteiger partial charge in [0.15, 0.2) is 0 Å². The van der Waals surface area contributed by atoms with E-state index in [-0.39, 0.29) is 0 Å². The monoisotopic (exact) mass is 368 g/mol. The quantitative estimate of drug-likeness (QED) is 0.523. The summed E-state index contributed by atoms with van der Waals surface area (Å²) in [6, 6.07) is 22.8. The second-order valence-electron chi connectivity index (χ2n) is 7.06. The molecule has 4 nitrogen and oxygen atoms in total. The summed E-state index contributed by atoms with van der Waals surface area (Å²) in [5, 5.41) is 4.83. The van der Waals surface area contributed by atoms with E-state index in [9.17, 15) is 0 Å². The largest absolute Gasteiger partial charge is 0.383 e. The van der Waals surface area contributed by atoms with Gasteiger partial charge in [-0.15, -0.1) is 0 Å². The Kier molecular flexibility index (Phi) is 5.31. The summed E-state index contributed by atoms with van der Waals surface area (Å²) in [4.78, 5) is 11.4. The molecule has 0 atom stereocenters. The molecule has 0 saturated heterocycles. The highest BCUT2D eigenvalue weighted by atomic mass is 15.1. The molecule has 0 aliphatic heterocycles. The number of hydrogen-bond donors (Lipinski definition) is 1. The van der Waals surface area contributed by atoms with Crippen molar-refractivity contribution in [1.29, 1.82) is 0 Å². The van der Waals surface area contributed by atoms with E-state index in [2.05, 4.69) is 83.9 Å². The Labute approximate surface area is 165 Å². The molecule has 0 unspecified atom stereocenters. The van der Waals surface area contributed by atoms with Crippen LogP contribution in [-0.2, 0) is 0 Å². The molecule has 28 heavy (non-hydrogen) atoms. The lowest BCUT2D eigenvalue weighted by Gasteiger charge is -2.20. The number of hydrogen-bond acceptors (Lipinski definition) is 4. The SMILES string of the molecule is CN(C)CCNc1c(-c2ccncc2)c(-c2ccccc2)nc2ccccc12. The molecule has 0 aliphatic carbocycles. The Hall–Kier alpha value is -3.24. The van der Waals surface area contributed by atoms with Gasteiger partial charge in [-0.05, 0) is 37.9 Å². The molecule has 0 spiro atoms. The predicted octanol–water partition coefficient (Wildman–Crippen LogP) is 4.94. The van der Waals surface area contributed by atoms with Crippen LogP contribution in [0.5, 0.6) is 0 Å². The van der Waals surface area contributed by atoms with E-state index in [0.717, 1.165) is 52.1 Å². The normalized spacial score (nSPS) is 11.1. The van der Waals surface area contributed by atoms with Crippen molar-refractivity contribution < 1.29 is 0 Å². The van der Waals surface area contributed by atoms with E-state index in [0.29, 0.717) is 0 Å². The maximum atomic E-state index is 5.05. The van der Waals surface area contributed by atoms with Crippen molar-refractivity contribution in [3.63, 3.8) is 0 Å². The molecule has 140 valence electrons. The van der Waals surface area contributed by atoms with Crippen molar-refractivity contribution in [2.24, 2.45) is 0 Å². The van der Waals surface area contributed by atoms with Gasteiger partial charge in [-0.3, -0.25) is 4.98 Å². The summed E-state index contributed by atoms with van der Waals surface area (Å²) in [5.41, 5.74) is 6.43. The third kappa shape index (κ3) is 3.73. The third-order valence-corrected chi connectivity index (χ3v) is 4.77. The molecule has 2 heterocycles. The second kappa shape index (κ2) is 8.19. The zero-order valence-corrected chi connectivity index (χ0v) is 16.3. The second-order valence-corrected chi connectivity index (χ2v) is 7.06. The zero-order chi connectivity index (χ0) is 19.3. The molecule has 0 fully saturated rings. The molecular formula is C24H24N4. The molecule has 1 N–H and O–H groups in total. The molecule has 2 aromatic heterocycles. The average Bonchev–Trinajstić information content (AvgIpc) is 2.74. The first-order chi connectivity index (χ1) is 13.7. The number of nitrogens with one attached hydrogen (secondary N) is 1. The van der Waals surface area contributed by atoms with E-state index in [1.807, 2.05) is 24.5 Å². The summed E-state index contributed by atoms with van der Waals surface area (Å²) in [6.45, 7) is 1.81. The summed E-state index contributed by atoms with van der Waals surface area (Å²) in [7, 11) is 4.18. The van der Waals surface area contributed by atoms with E-state index in [4.69, 9.17) is 4.98 Å². The summed E-state index contributed by atoms with van der Waals surface area (Å²) >= 11 is 0. The fourth-order valence-corrected chi connectivity index (χ4v) is 3.40. The first-order valence-electron chi connectivity index (χ1n) is 9.51. The summed E-state index contributed by atoms with van der Waals surface area (Å²) < 4.78 is 0. The minimum absolute atomic E-state index is 0.854. The number of benzene rings is 2. The van der Waals surface area contributed by atoms with Crippen LogP contribution in [0.4, 0.5) is 5.69 Å². The average molecular weight is 368 g/mol. The van der Waals surface area contributed by atoms with Crippen molar-refractivity contribution in [3.8, 4) is 22.4 Å². The van der Waals surface area contributed by atoms with Gasteiger partial charge in [-0.25, -0.2) is 4.98 Å². The number of nitrogens with zero attached hydrogens (tertiary/aromatic N) is 3. The van der Waals surface area contributed by atoms with Crippen LogP contribution in [0.15, 0.2) is 79.1 Å². The highest BCUT2D eigenvalue weighted by molar-refractivity contribution is 6.04. The van der Waals surface area contributed by atoms with Gasteiger partial charge < -0.3 is 10.2 Å². The minimum Gasteiger partial charge on any atom is -0.383 e. The number of anilines is 1. The Bertz CT molecular complexity index is 1060. The first kappa shape index (κ1) is 18.1. The van der Waals surface area contributed by atoms with Gasteiger partial charge in [0.1, 0.15) is 0 Å². The maximum Gasteiger partial charge on any atom is 0.0808 e. The van der Waals surface area contributed by atoms with Crippen molar-refractivity contribution >= 4 is 16.6 Å². The Morgan fingerprint density at radius 3 is 2.29 bits per heavy atom. The number of aromatic nitrogens is 2. The number of para-hydroxylation sites is 1. The Morgan fingerprint density at radius 2 is 1.54 bits per heavy atom. The number of rotatable bonds is 6. The Balaban J connectivity index is 1.99. The van der Waals surface area contributed by atoms with E-state index < -0.39 is 0 Å². The van der Waals surface area contributed by atoms with Gasteiger partial charge in [0.25, 0.3) is 0 Å². The highest BCUT2D eigenvalue weighted by Gasteiger charge is 2.18. The van der Waals surface area contributed by atoms with Crippen molar-refractivity contribution in [2.75, 3.05) is 32.5 Å². The zero-order valence-electron chi connectivity index (χ0n) is 16.3. The molecular weight excluding hydrogens is 344 g/mol. The van der Waals surface area contributed by atoms with Gasteiger partial charge in [0, 0.05) is 42.0 Å². The van der Waals surface area contributed by atoms with Crippen LogP contribution < -0.4 is 5.32 Å². The van der Waals surface area contributed by atoms with Crippen LogP contribution in [0.1, 0.15) is 0 Å². The molecule has 0 aliphatic rings. The minimum atomic E-state index is 0.854. The number of likely N-dealkylation sites (N-methyl/N-ethyl adjacent to an activating group) is 1. The summed E-state index contributed by atoms with van der Waals surface area (Å²) in [6.07, 6.45) is 3.67. The molecule has 4 aromatic rings. The predicted molar refractivity (Wildman–Crippen MR) is 117 cm³/mol. The molecule has 0 amide bonds. The molecule has 0 bridgehead atoms. The van der Waals surface area contributed by atoms with Crippen molar-refractivity contribution in [1.82, 2.24) is 14.9 Å². The van der Waals surface area contributed by atoms with E-state index >= 15 is 0 Å². The third-order valence-electron chi connectivity index (χ3n) is 4.77. The van der Waals surface area contributed by atoms with E-state index in [1.165, 1.54) is 0 Å². The van der Waals surface area contributed by atoms with E-state index in [1.54, 1.807) is 0 Å². The standard InChI is InChI=1S/C24H24N4/c1-28(2)17-16-26-24-20-10-6-7-11-21(20)27-23(19-8-4-3-5-9-19)22(24)18-12-14-25-15-13-18/h3-15H,16-17H2,1-2H3,(H,26,27). The van der Waals surface area contributed by atoms with Crippen molar-refractivity contribution in [2.45, 2.75) is 0 Å². The van der Waals surface area contributed by atoms with Gasteiger partial charge >= 0.3 is 0 Å². The number of pyridine rings is 2.